The predicted octanol–water partition coefficient (Wildman–Crippen LogP) is 3.21. The maximum atomic E-state index is 12.3. The Morgan fingerprint density at radius 2 is 1.82 bits per heavy atom. The minimum absolute atomic E-state index is 0.260. The fraction of sp³-hybridized carbons (Fsp3) is 0.190. The fourth-order valence-electron chi connectivity index (χ4n) is 2.68. The van der Waals surface area contributed by atoms with Gasteiger partial charge in [-0.15, -0.1) is 10.2 Å². The number of amides is 1. The molecule has 3 rings (SSSR count). The second-order valence-electron chi connectivity index (χ2n) is 5.98. The van der Waals surface area contributed by atoms with E-state index in [2.05, 4.69) is 20.8 Å². The number of para-hydroxylation sites is 1. The number of methoxy groups -OCH3 is 2. The van der Waals surface area contributed by atoms with Gasteiger partial charge in [-0.3, -0.25) is 4.79 Å². The Hall–Kier alpha value is -3.61. The van der Waals surface area contributed by atoms with Crippen LogP contribution in [0.1, 0.15) is 16.1 Å². The minimum Gasteiger partial charge on any atom is -0.497 e. The number of anilines is 2. The molecule has 0 radical (unpaired) electrons. The van der Waals surface area contributed by atoms with Gasteiger partial charge in [0.1, 0.15) is 11.5 Å². The molecule has 0 aliphatic rings. The van der Waals surface area contributed by atoms with Gasteiger partial charge in [0.2, 0.25) is 0 Å². The second-order valence-corrected chi connectivity index (χ2v) is 5.98. The van der Waals surface area contributed by atoms with Gasteiger partial charge < -0.3 is 20.1 Å². The Morgan fingerprint density at radius 3 is 2.57 bits per heavy atom. The first kappa shape index (κ1) is 19.2. The van der Waals surface area contributed by atoms with Crippen molar-refractivity contribution in [2.45, 2.75) is 6.42 Å². The zero-order chi connectivity index (χ0) is 19.8. The van der Waals surface area contributed by atoms with Crippen molar-refractivity contribution in [3.63, 3.8) is 0 Å². The van der Waals surface area contributed by atoms with Crippen molar-refractivity contribution in [3.05, 3.63) is 71.9 Å². The summed E-state index contributed by atoms with van der Waals surface area (Å²) < 4.78 is 10.5. The smallest absolute Gasteiger partial charge is 0.271 e. The lowest BCUT2D eigenvalue weighted by Gasteiger charge is -2.09. The monoisotopic (exact) mass is 378 g/mol. The molecule has 0 saturated heterocycles. The molecule has 0 aliphatic heterocycles. The quantitative estimate of drug-likeness (QED) is 0.626. The molecule has 0 spiro atoms. The van der Waals surface area contributed by atoms with Crippen LogP contribution in [0.5, 0.6) is 11.5 Å². The maximum Gasteiger partial charge on any atom is 0.271 e. The van der Waals surface area contributed by atoms with Crippen molar-refractivity contribution in [1.82, 2.24) is 15.5 Å². The summed E-state index contributed by atoms with van der Waals surface area (Å²) in [5, 5.41) is 14.0. The van der Waals surface area contributed by atoms with Gasteiger partial charge >= 0.3 is 0 Å². The molecule has 144 valence electrons. The van der Waals surface area contributed by atoms with Crippen LogP contribution in [0.4, 0.5) is 11.5 Å². The van der Waals surface area contributed by atoms with E-state index in [4.69, 9.17) is 9.47 Å². The number of rotatable bonds is 8. The van der Waals surface area contributed by atoms with E-state index in [0.717, 1.165) is 22.7 Å². The van der Waals surface area contributed by atoms with E-state index < -0.39 is 0 Å². The summed E-state index contributed by atoms with van der Waals surface area (Å²) in [4.78, 5) is 12.3. The van der Waals surface area contributed by atoms with Crippen LogP contribution in [-0.4, -0.2) is 36.9 Å². The fourth-order valence-corrected chi connectivity index (χ4v) is 2.68. The molecular weight excluding hydrogens is 356 g/mol. The number of aromatic nitrogens is 2. The van der Waals surface area contributed by atoms with Gasteiger partial charge in [-0.25, -0.2) is 0 Å². The average Bonchev–Trinajstić information content (AvgIpc) is 2.74. The molecule has 3 aromatic rings. The number of benzene rings is 2. The molecule has 0 aliphatic carbocycles. The lowest BCUT2D eigenvalue weighted by Crippen LogP contribution is -2.26. The van der Waals surface area contributed by atoms with Crippen LogP contribution in [0.25, 0.3) is 0 Å². The van der Waals surface area contributed by atoms with E-state index in [1.54, 1.807) is 26.4 Å². The van der Waals surface area contributed by atoms with Gasteiger partial charge in [-0.05, 0) is 42.3 Å². The van der Waals surface area contributed by atoms with E-state index in [0.29, 0.717) is 18.8 Å². The third-order valence-electron chi connectivity index (χ3n) is 4.11. The van der Waals surface area contributed by atoms with Crippen LogP contribution in [0.3, 0.4) is 0 Å². The van der Waals surface area contributed by atoms with Crippen LogP contribution >= 0.6 is 0 Å². The van der Waals surface area contributed by atoms with Crippen LogP contribution in [-0.2, 0) is 6.42 Å². The zero-order valence-electron chi connectivity index (χ0n) is 15.8. The van der Waals surface area contributed by atoms with Crippen LogP contribution in [0, 0.1) is 0 Å². The topological polar surface area (TPSA) is 85.4 Å². The third kappa shape index (κ3) is 4.97. The number of ether oxygens (including phenoxy) is 2. The maximum absolute atomic E-state index is 12.3. The zero-order valence-corrected chi connectivity index (χ0v) is 15.8. The molecule has 2 aromatic carbocycles. The Bertz CT molecular complexity index is 929. The van der Waals surface area contributed by atoms with E-state index in [1.807, 2.05) is 48.5 Å². The molecular formula is C21H22N4O3. The van der Waals surface area contributed by atoms with E-state index in [-0.39, 0.29) is 11.6 Å². The van der Waals surface area contributed by atoms with E-state index >= 15 is 0 Å². The summed E-state index contributed by atoms with van der Waals surface area (Å²) in [5.41, 5.74) is 2.12. The van der Waals surface area contributed by atoms with Gasteiger partial charge in [0, 0.05) is 18.3 Å². The summed E-state index contributed by atoms with van der Waals surface area (Å²) in [7, 11) is 3.24. The van der Waals surface area contributed by atoms with Crippen LogP contribution in [0.2, 0.25) is 0 Å². The van der Waals surface area contributed by atoms with Crippen molar-refractivity contribution < 1.29 is 14.3 Å². The number of carbonyl (C=O) groups excluding carboxylic acids is 1. The molecule has 7 nitrogen and oxygen atoms in total. The van der Waals surface area contributed by atoms with Gasteiger partial charge in [0.15, 0.2) is 11.5 Å². The van der Waals surface area contributed by atoms with Crippen molar-refractivity contribution in [2.75, 3.05) is 26.1 Å². The van der Waals surface area contributed by atoms with E-state index in [9.17, 15) is 4.79 Å². The van der Waals surface area contributed by atoms with Gasteiger partial charge in [0.25, 0.3) is 5.91 Å². The lowest BCUT2D eigenvalue weighted by molar-refractivity contribution is 0.0948. The number of nitrogens with zero attached hydrogens (tertiary/aromatic N) is 2. The lowest BCUT2D eigenvalue weighted by atomic mass is 10.1. The summed E-state index contributed by atoms with van der Waals surface area (Å²) >= 11 is 0. The highest BCUT2D eigenvalue weighted by Crippen LogP contribution is 2.20. The first-order valence-corrected chi connectivity index (χ1v) is 8.84. The van der Waals surface area contributed by atoms with Crippen LogP contribution < -0.4 is 20.1 Å². The number of hydrogen-bond donors (Lipinski definition) is 2. The predicted molar refractivity (Wildman–Crippen MR) is 107 cm³/mol. The Kier molecular flexibility index (Phi) is 6.41. The summed E-state index contributed by atoms with van der Waals surface area (Å²) in [6, 6.07) is 18.5. The minimum atomic E-state index is -0.268. The van der Waals surface area contributed by atoms with Gasteiger partial charge in [-0.1, -0.05) is 24.3 Å². The molecule has 1 amide bonds. The molecule has 0 saturated carbocycles. The first-order chi connectivity index (χ1) is 13.7. The van der Waals surface area contributed by atoms with Crippen LogP contribution in [0.15, 0.2) is 60.7 Å². The summed E-state index contributed by atoms with van der Waals surface area (Å²) in [6.07, 6.45) is 0.665. The van der Waals surface area contributed by atoms with E-state index in [1.165, 1.54) is 0 Å². The molecule has 0 unspecified atom stereocenters. The number of hydrogen-bond acceptors (Lipinski definition) is 6. The SMILES string of the molecule is COc1cccc(Nc2ccc(C(=O)NCCc3ccccc3OC)nn2)c1. The molecule has 0 atom stereocenters. The van der Waals surface area contributed by atoms with Crippen molar-refractivity contribution in [1.29, 1.82) is 0 Å². The highest BCUT2D eigenvalue weighted by molar-refractivity contribution is 5.92. The highest BCUT2D eigenvalue weighted by Gasteiger charge is 2.09. The van der Waals surface area contributed by atoms with Crippen molar-refractivity contribution in [2.24, 2.45) is 0 Å². The molecule has 1 aromatic heterocycles. The van der Waals surface area contributed by atoms with Gasteiger partial charge in [0.05, 0.1) is 14.2 Å². The Labute approximate surface area is 163 Å². The normalized spacial score (nSPS) is 10.2. The summed E-state index contributed by atoms with van der Waals surface area (Å²) in [5.74, 6) is 1.82. The van der Waals surface area contributed by atoms with Gasteiger partial charge in [-0.2, -0.15) is 0 Å². The first-order valence-electron chi connectivity index (χ1n) is 8.84. The highest BCUT2D eigenvalue weighted by atomic mass is 16.5. The average molecular weight is 378 g/mol. The molecule has 0 fully saturated rings. The number of nitrogens with one attached hydrogen (secondary N) is 2. The largest absolute Gasteiger partial charge is 0.497 e. The Balaban J connectivity index is 1.54. The molecule has 7 heteroatoms. The van der Waals surface area contributed by atoms with Crippen molar-refractivity contribution in [3.8, 4) is 11.5 Å². The molecule has 1 heterocycles. The van der Waals surface area contributed by atoms with Crippen molar-refractivity contribution >= 4 is 17.4 Å². The Morgan fingerprint density at radius 1 is 0.964 bits per heavy atom. The number of carbonyl (C=O) groups is 1. The second kappa shape index (κ2) is 9.36. The third-order valence-corrected chi connectivity index (χ3v) is 4.11. The summed E-state index contributed by atoms with van der Waals surface area (Å²) in [6.45, 7) is 0.477. The molecule has 2 N–H and O–H groups in total. The standard InChI is InChI=1S/C21H22N4O3/c1-27-17-8-5-7-16(14-17)23-20-11-10-18(24-25-20)21(26)22-13-12-15-6-3-4-9-19(15)28-2/h3-11,14H,12-13H2,1-2H3,(H,22,26)(H,23,25). The molecule has 28 heavy (non-hydrogen) atoms. The molecule has 0 bridgehead atoms.